The number of nitrogens with one attached hydrogen (secondary N) is 1. The summed E-state index contributed by atoms with van der Waals surface area (Å²) in [7, 11) is 0. The summed E-state index contributed by atoms with van der Waals surface area (Å²) >= 11 is 5.84. The predicted octanol–water partition coefficient (Wildman–Crippen LogP) is 0.244. The maximum atomic E-state index is 12.2. The number of benzene rings is 1. The average molecular weight is 279 g/mol. The number of hydrogen-bond acceptors (Lipinski definition) is 5. The van der Waals surface area contributed by atoms with Crippen LogP contribution < -0.4 is 10.4 Å². The summed E-state index contributed by atoms with van der Waals surface area (Å²) in [5, 5.41) is 12.8. The monoisotopic (exact) mass is 278 g/mol. The molecule has 0 bridgehead atoms. The van der Waals surface area contributed by atoms with Crippen molar-refractivity contribution < 1.29 is 19.5 Å². The SMILES string of the molecule is CC(NC1=C(Cl)C(=O)c2ccccc2C1=O)C(=O)[O-]. The molecule has 98 valence electrons. The van der Waals surface area contributed by atoms with Crippen LogP contribution in [-0.2, 0) is 4.79 Å². The van der Waals surface area contributed by atoms with Crippen LogP contribution in [0.2, 0.25) is 0 Å². The highest BCUT2D eigenvalue weighted by Gasteiger charge is 2.31. The zero-order valence-electron chi connectivity index (χ0n) is 9.90. The van der Waals surface area contributed by atoms with E-state index in [1.54, 1.807) is 12.1 Å². The maximum Gasteiger partial charge on any atom is 0.211 e. The molecule has 0 amide bonds. The third-order valence-electron chi connectivity index (χ3n) is 2.78. The number of carbonyl (C=O) groups excluding carboxylic acids is 3. The summed E-state index contributed by atoms with van der Waals surface area (Å²) in [5.41, 5.74) is 0.205. The number of aliphatic carboxylic acids is 1. The number of allylic oxidation sites excluding steroid dienone is 2. The highest BCUT2D eigenvalue weighted by molar-refractivity contribution is 6.49. The minimum Gasteiger partial charge on any atom is -0.548 e. The number of Topliss-reactive ketones (excluding diaryl/α,β-unsaturated/α-hetero) is 2. The van der Waals surface area contributed by atoms with E-state index >= 15 is 0 Å². The van der Waals surface area contributed by atoms with E-state index in [9.17, 15) is 19.5 Å². The van der Waals surface area contributed by atoms with Crippen LogP contribution in [0, 0.1) is 0 Å². The highest BCUT2D eigenvalue weighted by atomic mass is 35.5. The summed E-state index contributed by atoms with van der Waals surface area (Å²) in [5.74, 6) is -2.41. The molecule has 1 aliphatic rings. The Kier molecular flexibility index (Phi) is 3.40. The Morgan fingerprint density at radius 3 is 2.26 bits per heavy atom. The summed E-state index contributed by atoms with van der Waals surface area (Å²) in [6.45, 7) is 1.30. The van der Waals surface area contributed by atoms with Gasteiger partial charge in [0.2, 0.25) is 11.6 Å². The summed E-state index contributed by atoms with van der Waals surface area (Å²) in [6.07, 6.45) is 0. The Hall–Kier alpha value is -2.14. The van der Waals surface area contributed by atoms with Gasteiger partial charge in [-0.05, 0) is 6.92 Å². The molecule has 1 N–H and O–H groups in total. The van der Waals surface area contributed by atoms with E-state index in [4.69, 9.17) is 11.6 Å². The fraction of sp³-hybridized carbons (Fsp3) is 0.154. The summed E-state index contributed by atoms with van der Waals surface area (Å²) in [6, 6.07) is 5.09. The first-order chi connectivity index (χ1) is 8.93. The van der Waals surface area contributed by atoms with E-state index in [0.717, 1.165) is 0 Å². The Bertz CT molecular complexity index is 621. The Balaban J connectivity index is 2.46. The van der Waals surface area contributed by atoms with Crippen LogP contribution in [0.3, 0.4) is 0 Å². The molecule has 1 atom stereocenters. The standard InChI is InChI=1S/C13H10ClNO4/c1-6(13(18)19)15-10-9(14)11(16)7-4-2-3-5-8(7)12(10)17/h2-6,15H,1H3,(H,18,19)/p-1. The molecule has 1 aliphatic carbocycles. The molecule has 19 heavy (non-hydrogen) atoms. The molecule has 0 spiro atoms. The Morgan fingerprint density at radius 2 is 1.74 bits per heavy atom. The second kappa shape index (κ2) is 4.85. The minimum atomic E-state index is -1.39. The quantitative estimate of drug-likeness (QED) is 0.856. The molecule has 1 unspecified atom stereocenters. The lowest BCUT2D eigenvalue weighted by Gasteiger charge is -2.22. The van der Waals surface area contributed by atoms with Gasteiger partial charge in [0.15, 0.2) is 0 Å². The van der Waals surface area contributed by atoms with Gasteiger partial charge in [-0.3, -0.25) is 9.59 Å². The third kappa shape index (κ3) is 2.24. The van der Waals surface area contributed by atoms with Crippen LogP contribution in [0.4, 0.5) is 0 Å². The van der Waals surface area contributed by atoms with Gasteiger partial charge in [-0.2, -0.15) is 0 Å². The van der Waals surface area contributed by atoms with Crippen molar-refractivity contribution in [2.75, 3.05) is 0 Å². The first-order valence-electron chi connectivity index (χ1n) is 5.49. The maximum absolute atomic E-state index is 12.2. The average Bonchev–Trinajstić information content (AvgIpc) is 2.40. The molecule has 0 radical (unpaired) electrons. The van der Waals surface area contributed by atoms with Crippen molar-refractivity contribution in [3.05, 3.63) is 46.1 Å². The van der Waals surface area contributed by atoms with Crippen molar-refractivity contribution in [3.63, 3.8) is 0 Å². The van der Waals surface area contributed by atoms with E-state index in [1.807, 2.05) is 0 Å². The predicted molar refractivity (Wildman–Crippen MR) is 65.6 cm³/mol. The normalized spacial score (nSPS) is 16.1. The van der Waals surface area contributed by atoms with E-state index in [-0.39, 0.29) is 21.9 Å². The van der Waals surface area contributed by atoms with Crippen LogP contribution in [-0.4, -0.2) is 23.6 Å². The first-order valence-corrected chi connectivity index (χ1v) is 5.87. The molecule has 5 nitrogen and oxygen atoms in total. The van der Waals surface area contributed by atoms with Crippen molar-refractivity contribution in [3.8, 4) is 0 Å². The molecule has 0 saturated carbocycles. The second-order valence-corrected chi connectivity index (χ2v) is 4.46. The second-order valence-electron chi connectivity index (χ2n) is 4.08. The van der Waals surface area contributed by atoms with Gasteiger partial charge in [-0.15, -0.1) is 0 Å². The number of halogens is 1. The van der Waals surface area contributed by atoms with Crippen LogP contribution >= 0.6 is 11.6 Å². The lowest BCUT2D eigenvalue weighted by Crippen LogP contribution is -2.45. The molecular weight excluding hydrogens is 270 g/mol. The minimum absolute atomic E-state index is 0.199. The van der Waals surface area contributed by atoms with Crippen molar-refractivity contribution in [1.29, 1.82) is 0 Å². The number of hydrogen-bond donors (Lipinski definition) is 1. The van der Waals surface area contributed by atoms with Gasteiger partial charge in [0.25, 0.3) is 0 Å². The highest BCUT2D eigenvalue weighted by Crippen LogP contribution is 2.27. The summed E-state index contributed by atoms with van der Waals surface area (Å²) in [4.78, 5) is 34.8. The fourth-order valence-electron chi connectivity index (χ4n) is 1.75. The van der Waals surface area contributed by atoms with Crippen LogP contribution in [0.15, 0.2) is 35.0 Å². The molecule has 0 aliphatic heterocycles. The van der Waals surface area contributed by atoms with Gasteiger partial charge in [-0.1, -0.05) is 35.9 Å². The molecule has 6 heteroatoms. The molecule has 0 saturated heterocycles. The number of carbonyl (C=O) groups is 3. The van der Waals surface area contributed by atoms with Gasteiger partial charge in [0.05, 0.1) is 12.0 Å². The van der Waals surface area contributed by atoms with Crippen LogP contribution in [0.5, 0.6) is 0 Å². The lowest BCUT2D eigenvalue weighted by molar-refractivity contribution is -0.307. The van der Waals surface area contributed by atoms with Gasteiger partial charge in [0, 0.05) is 11.1 Å². The fourth-order valence-corrected chi connectivity index (χ4v) is 1.99. The Labute approximate surface area is 113 Å². The van der Waals surface area contributed by atoms with Crippen LogP contribution in [0.1, 0.15) is 27.6 Å². The van der Waals surface area contributed by atoms with E-state index in [2.05, 4.69) is 5.32 Å². The van der Waals surface area contributed by atoms with Crippen molar-refractivity contribution in [1.82, 2.24) is 5.32 Å². The van der Waals surface area contributed by atoms with Gasteiger partial charge in [0.1, 0.15) is 10.7 Å². The number of fused-ring (bicyclic) bond motifs is 1. The Morgan fingerprint density at radius 1 is 1.21 bits per heavy atom. The van der Waals surface area contributed by atoms with Gasteiger partial charge >= 0.3 is 0 Å². The topological polar surface area (TPSA) is 86.3 Å². The molecule has 2 rings (SSSR count). The first kappa shape index (κ1) is 13.3. The van der Waals surface area contributed by atoms with Crippen molar-refractivity contribution in [2.45, 2.75) is 13.0 Å². The largest absolute Gasteiger partial charge is 0.548 e. The van der Waals surface area contributed by atoms with Crippen molar-refractivity contribution in [2.24, 2.45) is 0 Å². The molecule has 0 aromatic heterocycles. The van der Waals surface area contributed by atoms with E-state index in [0.29, 0.717) is 0 Å². The number of ketones is 2. The molecular formula is C13H9ClNO4-. The van der Waals surface area contributed by atoms with E-state index in [1.165, 1.54) is 19.1 Å². The van der Waals surface area contributed by atoms with Gasteiger partial charge < -0.3 is 15.2 Å². The zero-order chi connectivity index (χ0) is 14.2. The summed E-state index contributed by atoms with van der Waals surface area (Å²) < 4.78 is 0. The van der Waals surface area contributed by atoms with Crippen LogP contribution in [0.25, 0.3) is 0 Å². The molecule has 0 fully saturated rings. The zero-order valence-corrected chi connectivity index (χ0v) is 10.7. The van der Waals surface area contributed by atoms with Gasteiger partial charge in [-0.25, -0.2) is 0 Å². The lowest BCUT2D eigenvalue weighted by atomic mass is 9.92. The van der Waals surface area contributed by atoms with Crippen molar-refractivity contribution >= 4 is 29.1 Å². The number of carboxylic acids is 1. The molecule has 0 heterocycles. The molecule has 1 aromatic rings. The number of carboxylic acid groups (broad SMARTS) is 1. The smallest absolute Gasteiger partial charge is 0.211 e. The molecule has 1 aromatic carbocycles. The third-order valence-corrected chi connectivity index (χ3v) is 3.14. The van der Waals surface area contributed by atoms with E-state index < -0.39 is 23.6 Å². The number of rotatable bonds is 3.